The smallest absolute Gasteiger partial charge is 0.251 e. The van der Waals surface area contributed by atoms with Crippen molar-refractivity contribution in [2.45, 2.75) is 45.3 Å². The van der Waals surface area contributed by atoms with Crippen LogP contribution in [0, 0.1) is 17.0 Å². The molecule has 0 bridgehead atoms. The fraction of sp³-hybridized carbons (Fsp3) is 0.600. The summed E-state index contributed by atoms with van der Waals surface area (Å²) >= 11 is 0. The number of carbonyl (C=O) groups is 2. The molecule has 2 amide bonds. The molecule has 1 spiro atoms. The van der Waals surface area contributed by atoms with Crippen LogP contribution in [-0.2, 0) is 20.9 Å². The number of benzene rings is 1. The second-order valence-electron chi connectivity index (χ2n) is 7.63. The highest BCUT2D eigenvalue weighted by atomic mass is 19.2. The molecule has 2 aliphatic heterocycles. The van der Waals surface area contributed by atoms with Crippen LogP contribution in [0.15, 0.2) is 18.2 Å². The van der Waals surface area contributed by atoms with Crippen molar-refractivity contribution in [2.24, 2.45) is 5.41 Å². The molecule has 0 saturated carbocycles. The zero-order valence-corrected chi connectivity index (χ0v) is 15.8. The Balaban J connectivity index is 1.60. The van der Waals surface area contributed by atoms with E-state index in [1.165, 1.54) is 6.07 Å². The van der Waals surface area contributed by atoms with Gasteiger partial charge in [-0.1, -0.05) is 13.0 Å². The van der Waals surface area contributed by atoms with Gasteiger partial charge >= 0.3 is 0 Å². The van der Waals surface area contributed by atoms with E-state index < -0.39 is 17.7 Å². The first-order chi connectivity index (χ1) is 12.9. The Bertz CT molecular complexity index is 713. The van der Waals surface area contributed by atoms with E-state index in [0.29, 0.717) is 38.0 Å². The minimum absolute atomic E-state index is 0.0119. The van der Waals surface area contributed by atoms with Crippen molar-refractivity contribution in [1.82, 2.24) is 9.80 Å². The van der Waals surface area contributed by atoms with Crippen molar-refractivity contribution >= 4 is 11.8 Å². The van der Waals surface area contributed by atoms with Crippen LogP contribution in [0.3, 0.4) is 0 Å². The zero-order chi connectivity index (χ0) is 19.6. The van der Waals surface area contributed by atoms with Gasteiger partial charge in [0.2, 0.25) is 5.91 Å². The summed E-state index contributed by atoms with van der Waals surface area (Å²) in [4.78, 5) is 28.5. The molecule has 0 unspecified atom stereocenters. The molecular weight excluding hydrogens is 354 g/mol. The van der Waals surface area contributed by atoms with Gasteiger partial charge in [0.15, 0.2) is 11.6 Å². The lowest BCUT2D eigenvalue weighted by atomic mass is 9.77. The first-order valence-electron chi connectivity index (χ1n) is 9.41. The predicted molar refractivity (Wildman–Crippen MR) is 95.7 cm³/mol. The summed E-state index contributed by atoms with van der Waals surface area (Å²) in [6, 6.07) is 3.74. The number of carbonyl (C=O) groups excluding carboxylic acids is 2. The molecule has 27 heavy (non-hydrogen) atoms. The van der Waals surface area contributed by atoms with Crippen LogP contribution in [0.2, 0.25) is 0 Å². The third-order valence-electron chi connectivity index (χ3n) is 5.83. The Morgan fingerprint density at radius 2 is 1.96 bits per heavy atom. The molecule has 2 fully saturated rings. The number of hydrogen-bond donors (Lipinski definition) is 0. The van der Waals surface area contributed by atoms with E-state index in [2.05, 4.69) is 0 Å². The minimum atomic E-state index is -0.899. The molecule has 1 atom stereocenters. The van der Waals surface area contributed by atoms with Crippen LogP contribution in [0.5, 0.6) is 0 Å². The van der Waals surface area contributed by atoms with E-state index in [9.17, 15) is 18.4 Å². The molecule has 148 valence electrons. The van der Waals surface area contributed by atoms with E-state index in [1.54, 1.807) is 12.0 Å². The second kappa shape index (κ2) is 7.92. The number of rotatable bonds is 5. The van der Waals surface area contributed by atoms with Gasteiger partial charge in [0.1, 0.15) is 6.10 Å². The van der Waals surface area contributed by atoms with E-state index in [-0.39, 0.29) is 23.8 Å². The first kappa shape index (κ1) is 19.7. The number of likely N-dealkylation sites (tertiary alicyclic amines) is 2. The third-order valence-corrected chi connectivity index (χ3v) is 5.83. The van der Waals surface area contributed by atoms with Crippen molar-refractivity contribution < 1.29 is 23.1 Å². The molecule has 0 N–H and O–H groups in total. The van der Waals surface area contributed by atoms with Crippen LogP contribution in [0.4, 0.5) is 8.78 Å². The zero-order valence-electron chi connectivity index (χ0n) is 15.8. The lowest BCUT2D eigenvalue weighted by molar-refractivity contribution is -0.144. The maximum Gasteiger partial charge on any atom is 0.251 e. The minimum Gasteiger partial charge on any atom is -0.372 e. The van der Waals surface area contributed by atoms with Crippen LogP contribution in [0.25, 0.3) is 0 Å². The molecule has 2 saturated heterocycles. The summed E-state index contributed by atoms with van der Waals surface area (Å²) in [5, 5.41) is 0. The summed E-state index contributed by atoms with van der Waals surface area (Å²) in [6.07, 6.45) is 2.20. The number of amides is 2. The molecule has 1 aromatic rings. The van der Waals surface area contributed by atoms with Crippen LogP contribution < -0.4 is 0 Å². The maximum atomic E-state index is 13.4. The van der Waals surface area contributed by atoms with Crippen molar-refractivity contribution in [3.8, 4) is 0 Å². The van der Waals surface area contributed by atoms with E-state index in [0.717, 1.165) is 25.0 Å². The number of methoxy groups -OCH3 is 1. The summed E-state index contributed by atoms with van der Waals surface area (Å²) < 4.78 is 31.7. The quantitative estimate of drug-likeness (QED) is 0.789. The highest BCUT2D eigenvalue weighted by Gasteiger charge is 2.45. The third kappa shape index (κ3) is 4.13. The van der Waals surface area contributed by atoms with Gasteiger partial charge in [-0.05, 0) is 37.0 Å². The molecule has 0 radical (unpaired) electrons. The number of ether oxygens (including phenoxy) is 1. The Labute approximate surface area is 158 Å². The van der Waals surface area contributed by atoms with E-state index >= 15 is 0 Å². The molecule has 3 rings (SSSR count). The number of piperidine rings is 1. The van der Waals surface area contributed by atoms with Gasteiger partial charge in [-0.25, -0.2) is 8.78 Å². The number of hydrogen-bond acceptors (Lipinski definition) is 3. The Kier molecular flexibility index (Phi) is 5.79. The van der Waals surface area contributed by atoms with Gasteiger partial charge in [0.25, 0.3) is 5.91 Å². The topological polar surface area (TPSA) is 49.9 Å². The van der Waals surface area contributed by atoms with Gasteiger partial charge in [0, 0.05) is 45.1 Å². The number of nitrogens with zero attached hydrogens (tertiary/aromatic N) is 2. The van der Waals surface area contributed by atoms with Gasteiger partial charge in [-0.3, -0.25) is 9.59 Å². The van der Waals surface area contributed by atoms with Crippen LogP contribution in [-0.4, -0.2) is 54.5 Å². The molecule has 2 aliphatic rings. The average molecular weight is 380 g/mol. The lowest BCUT2D eigenvalue weighted by Gasteiger charge is -2.39. The van der Waals surface area contributed by atoms with Crippen molar-refractivity contribution in [1.29, 1.82) is 0 Å². The van der Waals surface area contributed by atoms with Gasteiger partial charge in [0.05, 0.1) is 0 Å². The molecule has 5 nitrogen and oxygen atoms in total. The lowest BCUT2D eigenvalue weighted by Crippen LogP contribution is -2.48. The summed E-state index contributed by atoms with van der Waals surface area (Å²) in [5.74, 6) is -1.74. The van der Waals surface area contributed by atoms with Gasteiger partial charge in [-0.15, -0.1) is 0 Å². The van der Waals surface area contributed by atoms with Gasteiger partial charge in [-0.2, -0.15) is 0 Å². The second-order valence-corrected chi connectivity index (χ2v) is 7.63. The SMILES string of the molecule is CC[C@H](OC)C(=O)N1CCC2(CC1)CC(=O)N(Cc1ccc(F)c(F)c1)C2. The Hall–Kier alpha value is -2.02. The highest BCUT2D eigenvalue weighted by molar-refractivity contribution is 5.81. The summed E-state index contributed by atoms with van der Waals surface area (Å²) in [7, 11) is 1.54. The molecular formula is C20H26F2N2O3. The van der Waals surface area contributed by atoms with Crippen molar-refractivity contribution in [3.63, 3.8) is 0 Å². The van der Waals surface area contributed by atoms with Gasteiger partial charge < -0.3 is 14.5 Å². The Morgan fingerprint density at radius 3 is 2.56 bits per heavy atom. The Morgan fingerprint density at radius 1 is 1.26 bits per heavy atom. The standard InChI is InChI=1S/C20H26F2N2O3/c1-3-17(27-2)19(26)23-8-6-20(7-9-23)11-18(25)24(13-20)12-14-4-5-15(21)16(22)10-14/h4-5,10,17H,3,6-9,11-13H2,1-2H3/t17-/m0/s1. The fourth-order valence-corrected chi connectivity index (χ4v) is 4.17. The molecule has 0 aliphatic carbocycles. The van der Waals surface area contributed by atoms with Crippen molar-refractivity contribution in [3.05, 3.63) is 35.4 Å². The first-order valence-corrected chi connectivity index (χ1v) is 9.41. The van der Waals surface area contributed by atoms with Crippen LogP contribution in [0.1, 0.15) is 38.2 Å². The van der Waals surface area contributed by atoms with E-state index in [4.69, 9.17) is 4.74 Å². The molecule has 2 heterocycles. The largest absolute Gasteiger partial charge is 0.372 e. The molecule has 0 aromatic heterocycles. The van der Waals surface area contributed by atoms with Crippen LogP contribution >= 0.6 is 0 Å². The summed E-state index contributed by atoms with van der Waals surface area (Å²) in [6.45, 7) is 4.02. The maximum absolute atomic E-state index is 13.4. The van der Waals surface area contributed by atoms with E-state index in [1.807, 2.05) is 11.8 Å². The molecule has 1 aromatic carbocycles. The normalized spacial score (nSPS) is 20.4. The monoisotopic (exact) mass is 380 g/mol. The highest BCUT2D eigenvalue weighted by Crippen LogP contribution is 2.41. The average Bonchev–Trinajstić information content (AvgIpc) is 2.94. The molecule has 7 heteroatoms. The fourth-order valence-electron chi connectivity index (χ4n) is 4.17. The number of halogens is 2. The van der Waals surface area contributed by atoms with Crippen molar-refractivity contribution in [2.75, 3.05) is 26.7 Å². The predicted octanol–water partition coefficient (Wildman–Crippen LogP) is 2.73. The summed E-state index contributed by atoms with van der Waals surface area (Å²) in [5.41, 5.74) is 0.444.